The average Bonchev–Trinajstić information content (AvgIpc) is 2.44. The molecule has 0 unspecified atom stereocenters. The molecule has 5 heteroatoms. The second-order valence-electron chi connectivity index (χ2n) is 4.16. The van der Waals surface area contributed by atoms with Crippen molar-refractivity contribution < 1.29 is 20.4 Å². The normalized spacial score (nSPS) is 11.3. The molecule has 0 bridgehead atoms. The van der Waals surface area contributed by atoms with E-state index in [-0.39, 0.29) is 11.5 Å². The molecule has 0 saturated heterocycles. The van der Waals surface area contributed by atoms with Crippen molar-refractivity contribution in [1.82, 2.24) is 5.32 Å². The number of phenols is 3. The smallest absolute Gasteiger partial charge is 0.157 e. The van der Waals surface area contributed by atoms with Crippen LogP contribution in [0, 0.1) is 0 Å². The number of likely N-dealkylation sites (N-methyl/N-ethyl adjacent to an activating group) is 1. The van der Waals surface area contributed by atoms with E-state index in [0.717, 1.165) is 0 Å². The topological polar surface area (TPSA) is 93.0 Å². The Labute approximate surface area is 117 Å². The molecule has 0 aliphatic heterocycles. The van der Waals surface area contributed by atoms with Gasteiger partial charge in [-0.3, -0.25) is 0 Å². The van der Waals surface area contributed by atoms with Gasteiger partial charge in [0.2, 0.25) is 0 Å². The van der Waals surface area contributed by atoms with Gasteiger partial charge in [-0.25, -0.2) is 0 Å². The SMILES string of the molecule is CNC[C@H](O)c1ccc(O)c(O)c1.Oc1ccccc1. The Morgan fingerprint density at radius 3 is 2.05 bits per heavy atom. The first-order valence-electron chi connectivity index (χ1n) is 6.13. The van der Waals surface area contributed by atoms with Crippen LogP contribution in [-0.4, -0.2) is 34.0 Å². The van der Waals surface area contributed by atoms with Crippen LogP contribution in [0.25, 0.3) is 0 Å². The van der Waals surface area contributed by atoms with Crippen LogP contribution in [0.3, 0.4) is 0 Å². The van der Waals surface area contributed by atoms with E-state index < -0.39 is 6.10 Å². The zero-order valence-electron chi connectivity index (χ0n) is 11.2. The predicted molar refractivity (Wildman–Crippen MR) is 76.8 cm³/mol. The highest BCUT2D eigenvalue weighted by atomic mass is 16.3. The molecule has 0 amide bonds. The monoisotopic (exact) mass is 277 g/mol. The van der Waals surface area contributed by atoms with Crippen LogP contribution in [0.5, 0.6) is 17.2 Å². The average molecular weight is 277 g/mol. The lowest BCUT2D eigenvalue weighted by atomic mass is 10.1. The maximum atomic E-state index is 9.48. The molecular formula is C15H19NO4. The molecule has 5 nitrogen and oxygen atoms in total. The standard InChI is InChI=1S/C9H13NO3.C6H6O/c1-10-5-9(13)6-2-3-7(11)8(12)4-6;7-6-4-2-1-3-5-6/h2-4,9-13H,5H2,1H3;1-5,7H/t9-;/m0./s1. The van der Waals surface area contributed by atoms with Crippen LogP contribution in [0.2, 0.25) is 0 Å². The fourth-order valence-electron chi connectivity index (χ4n) is 1.49. The summed E-state index contributed by atoms with van der Waals surface area (Å²) in [5, 5.41) is 39.1. The molecule has 1 atom stereocenters. The van der Waals surface area contributed by atoms with Crippen LogP contribution in [-0.2, 0) is 0 Å². The lowest BCUT2D eigenvalue weighted by Crippen LogP contribution is -2.16. The Bertz CT molecular complexity index is 517. The van der Waals surface area contributed by atoms with E-state index in [0.29, 0.717) is 17.9 Å². The Kier molecular flexibility index (Phi) is 6.36. The quantitative estimate of drug-likeness (QED) is 0.551. The van der Waals surface area contributed by atoms with Gasteiger partial charge in [0.25, 0.3) is 0 Å². The summed E-state index contributed by atoms with van der Waals surface area (Å²) in [6.07, 6.45) is -0.670. The van der Waals surface area contributed by atoms with Gasteiger partial charge in [0.05, 0.1) is 6.10 Å². The molecule has 0 saturated carbocycles. The summed E-state index contributed by atoms with van der Waals surface area (Å²) in [6, 6.07) is 13.0. The van der Waals surface area contributed by atoms with Crippen LogP contribution in [0.4, 0.5) is 0 Å². The third-order valence-electron chi connectivity index (χ3n) is 2.54. The molecule has 0 spiro atoms. The predicted octanol–water partition coefficient (Wildman–Crippen LogP) is 1.74. The minimum absolute atomic E-state index is 0.180. The van der Waals surface area contributed by atoms with E-state index in [9.17, 15) is 5.11 Å². The number of rotatable bonds is 3. The van der Waals surface area contributed by atoms with E-state index in [2.05, 4.69) is 5.32 Å². The van der Waals surface area contributed by atoms with Gasteiger partial charge in [0, 0.05) is 6.54 Å². The molecule has 5 N–H and O–H groups in total. The Hall–Kier alpha value is -2.24. The highest BCUT2D eigenvalue weighted by Crippen LogP contribution is 2.27. The summed E-state index contributed by atoms with van der Waals surface area (Å²) in [6.45, 7) is 0.407. The molecule has 108 valence electrons. The van der Waals surface area contributed by atoms with E-state index >= 15 is 0 Å². The summed E-state index contributed by atoms with van der Waals surface area (Å²) in [4.78, 5) is 0. The molecule has 0 aliphatic carbocycles. The van der Waals surface area contributed by atoms with Crippen molar-refractivity contribution in [2.45, 2.75) is 6.10 Å². The van der Waals surface area contributed by atoms with Gasteiger partial charge >= 0.3 is 0 Å². The van der Waals surface area contributed by atoms with E-state index in [1.165, 1.54) is 12.1 Å². The van der Waals surface area contributed by atoms with E-state index in [4.69, 9.17) is 15.3 Å². The van der Waals surface area contributed by atoms with Crippen molar-refractivity contribution >= 4 is 0 Å². The number of benzene rings is 2. The van der Waals surface area contributed by atoms with E-state index in [1.54, 1.807) is 37.4 Å². The molecule has 0 heterocycles. The number of nitrogens with one attached hydrogen (secondary N) is 1. The van der Waals surface area contributed by atoms with Crippen molar-refractivity contribution in [3.05, 3.63) is 54.1 Å². The molecular weight excluding hydrogens is 258 g/mol. The minimum Gasteiger partial charge on any atom is -0.508 e. The Morgan fingerprint density at radius 1 is 0.950 bits per heavy atom. The van der Waals surface area contributed by atoms with Crippen molar-refractivity contribution in [2.24, 2.45) is 0 Å². The number of hydrogen-bond donors (Lipinski definition) is 5. The maximum absolute atomic E-state index is 9.48. The Morgan fingerprint density at radius 2 is 1.60 bits per heavy atom. The van der Waals surface area contributed by atoms with Gasteiger partial charge in [-0.15, -0.1) is 0 Å². The van der Waals surface area contributed by atoms with Gasteiger partial charge in [-0.1, -0.05) is 24.3 Å². The zero-order chi connectivity index (χ0) is 15.0. The largest absolute Gasteiger partial charge is 0.508 e. The first-order chi connectivity index (χ1) is 9.54. The molecule has 0 aliphatic rings. The zero-order valence-corrected chi connectivity index (χ0v) is 11.2. The first kappa shape index (κ1) is 15.8. The summed E-state index contributed by atoms with van der Waals surface area (Å²) < 4.78 is 0. The highest BCUT2D eigenvalue weighted by Gasteiger charge is 2.08. The minimum atomic E-state index is -0.670. The van der Waals surface area contributed by atoms with Gasteiger partial charge in [-0.2, -0.15) is 0 Å². The molecule has 0 fully saturated rings. The summed E-state index contributed by atoms with van der Waals surface area (Å²) in [7, 11) is 1.73. The number of phenolic OH excluding ortho intramolecular Hbond substituents is 3. The number of aliphatic hydroxyl groups is 1. The fourth-order valence-corrected chi connectivity index (χ4v) is 1.49. The molecule has 0 aromatic heterocycles. The van der Waals surface area contributed by atoms with Crippen LogP contribution in [0.15, 0.2) is 48.5 Å². The molecule has 2 aromatic rings. The van der Waals surface area contributed by atoms with Crippen molar-refractivity contribution in [2.75, 3.05) is 13.6 Å². The first-order valence-corrected chi connectivity index (χ1v) is 6.13. The third-order valence-corrected chi connectivity index (χ3v) is 2.54. The van der Waals surface area contributed by atoms with Crippen LogP contribution in [0.1, 0.15) is 11.7 Å². The highest BCUT2D eigenvalue weighted by molar-refractivity contribution is 5.41. The van der Waals surface area contributed by atoms with Crippen molar-refractivity contribution in [3.8, 4) is 17.2 Å². The molecule has 0 radical (unpaired) electrons. The second-order valence-corrected chi connectivity index (χ2v) is 4.16. The second kappa shape index (κ2) is 8.04. The van der Waals surface area contributed by atoms with E-state index in [1.807, 2.05) is 6.07 Å². The lowest BCUT2D eigenvalue weighted by molar-refractivity contribution is 0.177. The number of para-hydroxylation sites is 1. The third kappa shape index (κ3) is 5.17. The molecule has 20 heavy (non-hydrogen) atoms. The number of hydrogen-bond acceptors (Lipinski definition) is 5. The summed E-state index contributed by atoms with van der Waals surface area (Å²) in [5.74, 6) is -0.0736. The van der Waals surface area contributed by atoms with Gasteiger partial charge in [-0.05, 0) is 36.9 Å². The molecule has 2 rings (SSSR count). The Balaban J connectivity index is 0.000000240. The lowest BCUT2D eigenvalue weighted by Gasteiger charge is -2.10. The fraction of sp³-hybridized carbons (Fsp3) is 0.200. The van der Waals surface area contributed by atoms with Gasteiger partial charge < -0.3 is 25.7 Å². The summed E-state index contributed by atoms with van der Waals surface area (Å²) in [5.41, 5.74) is 0.574. The number of aliphatic hydroxyl groups excluding tert-OH is 1. The van der Waals surface area contributed by atoms with Crippen molar-refractivity contribution in [3.63, 3.8) is 0 Å². The van der Waals surface area contributed by atoms with Crippen molar-refractivity contribution in [1.29, 1.82) is 0 Å². The van der Waals surface area contributed by atoms with Gasteiger partial charge in [0.1, 0.15) is 5.75 Å². The van der Waals surface area contributed by atoms with Gasteiger partial charge in [0.15, 0.2) is 11.5 Å². The molecule has 2 aromatic carbocycles. The summed E-state index contributed by atoms with van der Waals surface area (Å²) >= 11 is 0. The van der Waals surface area contributed by atoms with Crippen LogP contribution >= 0.6 is 0 Å². The van der Waals surface area contributed by atoms with Crippen LogP contribution < -0.4 is 5.32 Å². The number of aromatic hydroxyl groups is 3. The maximum Gasteiger partial charge on any atom is 0.157 e.